The van der Waals surface area contributed by atoms with Gasteiger partial charge < -0.3 is 15.6 Å². The Hall–Kier alpha value is -2.41. The van der Waals surface area contributed by atoms with Gasteiger partial charge in [-0.15, -0.1) is 11.3 Å². The van der Waals surface area contributed by atoms with Crippen LogP contribution in [0.15, 0.2) is 23.1 Å². The molecule has 1 amide bonds. The van der Waals surface area contributed by atoms with E-state index in [0.717, 1.165) is 15.8 Å². The summed E-state index contributed by atoms with van der Waals surface area (Å²) in [5.74, 6) is 0.292. The molecule has 1 aliphatic heterocycles. The smallest absolute Gasteiger partial charge is 0.266 e. The lowest BCUT2D eigenvalue weighted by Gasteiger charge is -2.19. The monoisotopic (exact) mass is 328 g/mol. The number of aromatic nitrogens is 2. The lowest BCUT2D eigenvalue weighted by Crippen LogP contribution is -2.40. The van der Waals surface area contributed by atoms with Crippen LogP contribution in [0.5, 0.6) is 0 Å². The summed E-state index contributed by atoms with van der Waals surface area (Å²) < 4.78 is 0.979. The fourth-order valence-electron chi connectivity index (χ4n) is 2.92. The van der Waals surface area contributed by atoms with Crippen LogP contribution in [0.1, 0.15) is 23.5 Å². The molecular weight excluding hydrogens is 312 g/mol. The minimum absolute atomic E-state index is 0.0533. The average molecular weight is 328 g/mol. The van der Waals surface area contributed by atoms with E-state index in [2.05, 4.69) is 34.4 Å². The number of anilines is 1. The molecule has 7 heteroatoms. The fourth-order valence-corrected chi connectivity index (χ4v) is 4.01. The van der Waals surface area contributed by atoms with Crippen molar-refractivity contribution < 1.29 is 4.79 Å². The van der Waals surface area contributed by atoms with Crippen LogP contribution in [0.2, 0.25) is 0 Å². The van der Waals surface area contributed by atoms with Gasteiger partial charge in [-0.2, -0.15) is 0 Å². The van der Waals surface area contributed by atoms with Gasteiger partial charge in [-0.25, -0.2) is 4.98 Å². The molecule has 4 rings (SSSR count). The van der Waals surface area contributed by atoms with Crippen molar-refractivity contribution in [3.05, 3.63) is 33.6 Å². The Bertz CT molecular complexity index is 989. The topological polar surface area (TPSA) is 86.9 Å². The zero-order chi connectivity index (χ0) is 16.1. The van der Waals surface area contributed by atoms with E-state index >= 15 is 0 Å². The second-order valence-electron chi connectivity index (χ2n) is 6.09. The van der Waals surface area contributed by atoms with Crippen molar-refractivity contribution in [2.45, 2.75) is 19.9 Å². The van der Waals surface area contributed by atoms with E-state index in [1.54, 1.807) is 0 Å². The van der Waals surface area contributed by atoms with Crippen molar-refractivity contribution in [3.63, 3.8) is 0 Å². The van der Waals surface area contributed by atoms with Gasteiger partial charge in [-0.3, -0.25) is 9.59 Å². The minimum atomic E-state index is -0.233. The number of carbonyl (C=O) groups is 1. The molecule has 0 saturated heterocycles. The standard InChI is InChI=1S/C16H16N4O2S/c1-7(2)9-5-17-14-12-10(23-15(14)16(22)20-9)4-3-8-13(12)18-6-11(21)19-8/h3-4,6-7,9,17H,5H2,1-2H3,(H,19,21)(H,20,22)/t9-/m0/s1. The zero-order valence-electron chi connectivity index (χ0n) is 12.8. The van der Waals surface area contributed by atoms with Crippen LogP contribution < -0.4 is 16.2 Å². The van der Waals surface area contributed by atoms with Gasteiger partial charge in [0.25, 0.3) is 11.5 Å². The number of carbonyl (C=O) groups excluding carboxylic acids is 1. The SMILES string of the molecule is CC(C)[C@@H]1CNc2c(sc3ccc4[nH]c(=O)cnc4c23)C(=O)N1. The number of thiophene rings is 1. The van der Waals surface area contributed by atoms with Gasteiger partial charge in [0.1, 0.15) is 4.88 Å². The average Bonchev–Trinajstić information content (AvgIpc) is 2.81. The van der Waals surface area contributed by atoms with Gasteiger partial charge in [0.2, 0.25) is 0 Å². The number of rotatable bonds is 1. The number of aromatic amines is 1. The van der Waals surface area contributed by atoms with Crippen molar-refractivity contribution in [1.29, 1.82) is 0 Å². The number of hydrogen-bond acceptors (Lipinski definition) is 5. The maximum Gasteiger partial charge on any atom is 0.266 e. The van der Waals surface area contributed by atoms with Gasteiger partial charge >= 0.3 is 0 Å². The number of H-pyrrole nitrogens is 1. The Morgan fingerprint density at radius 3 is 2.91 bits per heavy atom. The fraction of sp³-hybridized carbons (Fsp3) is 0.312. The van der Waals surface area contributed by atoms with Crippen molar-refractivity contribution >= 4 is 44.1 Å². The van der Waals surface area contributed by atoms with E-state index < -0.39 is 0 Å². The van der Waals surface area contributed by atoms with Crippen molar-refractivity contribution in [2.75, 3.05) is 11.9 Å². The quantitative estimate of drug-likeness (QED) is 0.640. The second kappa shape index (κ2) is 5.06. The van der Waals surface area contributed by atoms with Gasteiger partial charge in [0, 0.05) is 22.7 Å². The van der Waals surface area contributed by atoms with E-state index in [1.165, 1.54) is 17.5 Å². The largest absolute Gasteiger partial charge is 0.381 e. The highest BCUT2D eigenvalue weighted by atomic mass is 32.1. The van der Waals surface area contributed by atoms with E-state index in [9.17, 15) is 9.59 Å². The summed E-state index contributed by atoms with van der Waals surface area (Å²) in [5, 5.41) is 7.40. The molecule has 6 nitrogen and oxygen atoms in total. The van der Waals surface area contributed by atoms with Crippen LogP contribution in [0, 0.1) is 5.92 Å². The van der Waals surface area contributed by atoms with E-state index in [4.69, 9.17) is 0 Å². The molecule has 23 heavy (non-hydrogen) atoms. The molecule has 0 radical (unpaired) electrons. The number of benzene rings is 1. The molecule has 3 N–H and O–H groups in total. The summed E-state index contributed by atoms with van der Waals surface area (Å²) in [4.78, 5) is 31.8. The molecule has 1 atom stereocenters. The molecule has 1 aromatic carbocycles. The normalized spacial score (nSPS) is 17.9. The summed E-state index contributed by atoms with van der Waals surface area (Å²) in [5.41, 5.74) is 1.97. The van der Waals surface area contributed by atoms with Gasteiger partial charge in [0.15, 0.2) is 0 Å². The molecule has 3 aromatic rings. The third kappa shape index (κ3) is 2.19. The zero-order valence-corrected chi connectivity index (χ0v) is 13.6. The molecule has 0 fully saturated rings. The molecule has 0 spiro atoms. The van der Waals surface area contributed by atoms with Crippen LogP contribution in [0.4, 0.5) is 5.69 Å². The molecular formula is C16H16N4O2S. The summed E-state index contributed by atoms with van der Waals surface area (Å²) >= 11 is 1.45. The third-order valence-corrected chi connectivity index (χ3v) is 5.38. The summed E-state index contributed by atoms with van der Waals surface area (Å²) in [6.07, 6.45) is 1.28. The summed E-state index contributed by atoms with van der Waals surface area (Å²) in [6.45, 7) is 4.85. The van der Waals surface area contributed by atoms with Crippen LogP contribution in [0.25, 0.3) is 21.1 Å². The second-order valence-corrected chi connectivity index (χ2v) is 7.15. The first-order valence-electron chi connectivity index (χ1n) is 7.54. The first-order chi connectivity index (χ1) is 11.0. The number of nitrogens with zero attached hydrogens (tertiary/aromatic N) is 1. The van der Waals surface area contributed by atoms with Gasteiger partial charge in [0.05, 0.1) is 22.9 Å². The molecule has 0 bridgehead atoms. The molecule has 2 aromatic heterocycles. The van der Waals surface area contributed by atoms with Crippen molar-refractivity contribution in [3.8, 4) is 0 Å². The lowest BCUT2D eigenvalue weighted by molar-refractivity contribution is 0.0937. The molecule has 0 unspecified atom stereocenters. The van der Waals surface area contributed by atoms with Crippen LogP contribution in [-0.2, 0) is 0 Å². The number of hydrogen-bond donors (Lipinski definition) is 3. The van der Waals surface area contributed by atoms with E-state index in [1.807, 2.05) is 12.1 Å². The Labute approximate surface area is 135 Å². The Balaban J connectivity index is 1.97. The first-order valence-corrected chi connectivity index (χ1v) is 8.35. The highest BCUT2D eigenvalue weighted by Crippen LogP contribution is 2.40. The van der Waals surface area contributed by atoms with E-state index in [-0.39, 0.29) is 17.5 Å². The van der Waals surface area contributed by atoms with Gasteiger partial charge in [-0.1, -0.05) is 13.8 Å². The maximum atomic E-state index is 12.6. The van der Waals surface area contributed by atoms with Crippen molar-refractivity contribution in [1.82, 2.24) is 15.3 Å². The van der Waals surface area contributed by atoms with Crippen LogP contribution >= 0.6 is 11.3 Å². The molecule has 0 aliphatic carbocycles. The molecule has 3 heterocycles. The van der Waals surface area contributed by atoms with E-state index in [0.29, 0.717) is 28.4 Å². The first kappa shape index (κ1) is 14.2. The van der Waals surface area contributed by atoms with Crippen molar-refractivity contribution in [2.24, 2.45) is 5.92 Å². The summed E-state index contributed by atoms with van der Waals surface area (Å²) in [6, 6.07) is 3.83. The number of nitrogens with one attached hydrogen (secondary N) is 3. The molecule has 0 saturated carbocycles. The molecule has 118 valence electrons. The highest BCUT2D eigenvalue weighted by molar-refractivity contribution is 7.21. The van der Waals surface area contributed by atoms with Crippen LogP contribution in [-0.4, -0.2) is 28.5 Å². The Kier molecular flexibility index (Phi) is 3.12. The summed E-state index contributed by atoms with van der Waals surface area (Å²) in [7, 11) is 0. The lowest BCUT2D eigenvalue weighted by atomic mass is 10.0. The van der Waals surface area contributed by atoms with Crippen LogP contribution in [0.3, 0.4) is 0 Å². The minimum Gasteiger partial charge on any atom is -0.381 e. The predicted octanol–water partition coefficient (Wildman–Crippen LogP) is 2.32. The number of fused-ring (bicyclic) bond motifs is 5. The Morgan fingerprint density at radius 1 is 1.30 bits per heavy atom. The Morgan fingerprint density at radius 2 is 2.13 bits per heavy atom. The highest BCUT2D eigenvalue weighted by Gasteiger charge is 2.27. The maximum absolute atomic E-state index is 12.6. The third-order valence-electron chi connectivity index (χ3n) is 4.22. The predicted molar refractivity (Wildman–Crippen MR) is 92.3 cm³/mol. The molecule has 1 aliphatic rings. The van der Waals surface area contributed by atoms with Gasteiger partial charge in [-0.05, 0) is 18.1 Å². The number of amides is 1.